The third kappa shape index (κ3) is 2.32. The van der Waals surface area contributed by atoms with E-state index in [4.69, 9.17) is 26.1 Å². The second-order valence-electron chi connectivity index (χ2n) is 5.68. The van der Waals surface area contributed by atoms with E-state index in [9.17, 15) is 0 Å². The van der Waals surface area contributed by atoms with Gasteiger partial charge in [0.05, 0.1) is 19.7 Å². The maximum Gasteiger partial charge on any atom is 0.162 e. The molecule has 116 valence electrons. The van der Waals surface area contributed by atoms with Crippen LogP contribution in [-0.4, -0.2) is 19.2 Å². The molecule has 3 aromatic rings. The second kappa shape index (κ2) is 5.43. The number of aryl methyl sites for hydroxylation is 2. The van der Waals surface area contributed by atoms with Crippen molar-refractivity contribution in [2.24, 2.45) is 0 Å². The number of benzene rings is 2. The largest absolute Gasteiger partial charge is 0.493 e. The molecule has 1 aliphatic rings. The highest BCUT2D eigenvalue weighted by Crippen LogP contribution is 2.38. The Morgan fingerprint density at radius 3 is 2.48 bits per heavy atom. The van der Waals surface area contributed by atoms with Gasteiger partial charge in [-0.05, 0) is 48.2 Å². The molecule has 0 spiro atoms. The first-order valence-electron chi connectivity index (χ1n) is 7.54. The highest BCUT2D eigenvalue weighted by atomic mass is 35.5. The zero-order chi connectivity index (χ0) is 16.0. The number of halogens is 1. The first-order valence-corrected chi connectivity index (χ1v) is 7.92. The molecule has 3 nitrogen and oxygen atoms in total. The van der Waals surface area contributed by atoms with Crippen molar-refractivity contribution < 1.29 is 9.47 Å². The van der Waals surface area contributed by atoms with E-state index in [1.165, 1.54) is 16.7 Å². The Balaban J connectivity index is 1.96. The van der Waals surface area contributed by atoms with Crippen LogP contribution in [0.25, 0.3) is 22.0 Å². The molecular formula is C19H16ClNO2. The monoisotopic (exact) mass is 325 g/mol. The zero-order valence-electron chi connectivity index (χ0n) is 13.0. The van der Waals surface area contributed by atoms with Crippen LogP contribution in [0.4, 0.5) is 0 Å². The van der Waals surface area contributed by atoms with Gasteiger partial charge in [-0.25, -0.2) is 0 Å². The molecule has 2 aromatic carbocycles. The van der Waals surface area contributed by atoms with Gasteiger partial charge in [0, 0.05) is 27.7 Å². The molecule has 23 heavy (non-hydrogen) atoms. The summed E-state index contributed by atoms with van der Waals surface area (Å²) in [5.74, 6) is 1.42. The SMILES string of the molecule is COc1cc2cc3c(nc2cc1OC)CCc1cc(Cl)ccc1-3. The van der Waals surface area contributed by atoms with Crippen LogP contribution in [0.5, 0.6) is 11.5 Å². The summed E-state index contributed by atoms with van der Waals surface area (Å²) in [5.41, 5.74) is 5.74. The van der Waals surface area contributed by atoms with E-state index in [-0.39, 0.29) is 0 Å². The summed E-state index contributed by atoms with van der Waals surface area (Å²) in [6.45, 7) is 0. The van der Waals surface area contributed by atoms with Crippen molar-refractivity contribution in [3.8, 4) is 22.6 Å². The fourth-order valence-corrected chi connectivity index (χ4v) is 3.44. The molecule has 0 N–H and O–H groups in total. The van der Waals surface area contributed by atoms with E-state index in [1.807, 2.05) is 18.2 Å². The summed E-state index contributed by atoms with van der Waals surface area (Å²) in [5, 5.41) is 1.83. The van der Waals surface area contributed by atoms with Crippen LogP contribution in [-0.2, 0) is 12.8 Å². The molecule has 0 bridgehead atoms. The van der Waals surface area contributed by atoms with E-state index in [0.717, 1.165) is 34.5 Å². The van der Waals surface area contributed by atoms with Crippen LogP contribution in [0.3, 0.4) is 0 Å². The smallest absolute Gasteiger partial charge is 0.162 e. The maximum atomic E-state index is 6.13. The van der Waals surface area contributed by atoms with E-state index in [1.54, 1.807) is 14.2 Å². The molecule has 1 aromatic heterocycles. The lowest BCUT2D eigenvalue weighted by Crippen LogP contribution is -2.06. The predicted molar refractivity (Wildman–Crippen MR) is 92.7 cm³/mol. The Bertz CT molecular complexity index is 921. The van der Waals surface area contributed by atoms with Crippen molar-refractivity contribution in [3.63, 3.8) is 0 Å². The Morgan fingerprint density at radius 1 is 0.913 bits per heavy atom. The summed E-state index contributed by atoms with van der Waals surface area (Å²) < 4.78 is 10.8. The van der Waals surface area contributed by atoms with Crippen molar-refractivity contribution in [1.82, 2.24) is 4.98 Å². The van der Waals surface area contributed by atoms with Crippen LogP contribution >= 0.6 is 11.6 Å². The quantitative estimate of drug-likeness (QED) is 0.686. The normalized spacial score (nSPS) is 12.7. The van der Waals surface area contributed by atoms with Crippen LogP contribution in [0.15, 0.2) is 36.4 Å². The van der Waals surface area contributed by atoms with Crippen molar-refractivity contribution >= 4 is 22.5 Å². The number of hydrogen-bond donors (Lipinski definition) is 0. The van der Waals surface area contributed by atoms with Crippen molar-refractivity contribution in [1.29, 1.82) is 0 Å². The number of aromatic nitrogens is 1. The summed E-state index contributed by atoms with van der Waals surface area (Å²) in [7, 11) is 3.29. The lowest BCUT2D eigenvalue weighted by atomic mass is 9.88. The average Bonchev–Trinajstić information content (AvgIpc) is 2.58. The Hall–Kier alpha value is -2.26. The highest BCUT2D eigenvalue weighted by molar-refractivity contribution is 6.30. The van der Waals surface area contributed by atoms with Gasteiger partial charge in [0.1, 0.15) is 0 Å². The Labute approximate surface area is 139 Å². The number of methoxy groups -OCH3 is 2. The van der Waals surface area contributed by atoms with Crippen LogP contribution < -0.4 is 9.47 Å². The Morgan fingerprint density at radius 2 is 1.70 bits per heavy atom. The molecule has 0 saturated heterocycles. The van der Waals surface area contributed by atoms with Gasteiger partial charge in [-0.1, -0.05) is 17.7 Å². The van der Waals surface area contributed by atoms with E-state index >= 15 is 0 Å². The molecule has 0 amide bonds. The minimum atomic E-state index is 0.704. The van der Waals surface area contributed by atoms with Crippen molar-refractivity contribution in [2.75, 3.05) is 14.2 Å². The van der Waals surface area contributed by atoms with E-state index < -0.39 is 0 Å². The molecule has 4 rings (SSSR count). The lowest BCUT2D eigenvalue weighted by Gasteiger charge is -2.20. The summed E-state index contributed by atoms with van der Waals surface area (Å²) >= 11 is 6.13. The molecular weight excluding hydrogens is 310 g/mol. The number of pyridine rings is 1. The zero-order valence-corrected chi connectivity index (χ0v) is 13.8. The number of fused-ring (bicyclic) bond motifs is 4. The minimum Gasteiger partial charge on any atom is -0.493 e. The number of nitrogens with zero attached hydrogens (tertiary/aromatic N) is 1. The molecule has 0 saturated carbocycles. The van der Waals surface area contributed by atoms with Crippen LogP contribution in [0.1, 0.15) is 11.3 Å². The molecule has 0 atom stereocenters. The van der Waals surface area contributed by atoms with Gasteiger partial charge in [0.15, 0.2) is 11.5 Å². The molecule has 0 aliphatic heterocycles. The van der Waals surface area contributed by atoms with Crippen LogP contribution in [0, 0.1) is 0 Å². The third-order valence-electron chi connectivity index (χ3n) is 4.39. The summed E-state index contributed by atoms with van der Waals surface area (Å²) in [6.07, 6.45) is 1.89. The van der Waals surface area contributed by atoms with Gasteiger partial charge in [0.2, 0.25) is 0 Å². The lowest BCUT2D eigenvalue weighted by molar-refractivity contribution is 0.356. The molecule has 0 radical (unpaired) electrons. The van der Waals surface area contributed by atoms with Crippen molar-refractivity contribution in [2.45, 2.75) is 12.8 Å². The molecule has 1 aliphatic carbocycles. The average molecular weight is 326 g/mol. The van der Waals surface area contributed by atoms with Gasteiger partial charge >= 0.3 is 0 Å². The Kier molecular flexibility index (Phi) is 3.38. The predicted octanol–water partition coefficient (Wildman–Crippen LogP) is 4.67. The molecule has 4 heteroatoms. The van der Waals surface area contributed by atoms with E-state index in [2.05, 4.69) is 18.2 Å². The van der Waals surface area contributed by atoms with Gasteiger partial charge in [-0.2, -0.15) is 0 Å². The van der Waals surface area contributed by atoms with Gasteiger partial charge in [-0.15, -0.1) is 0 Å². The summed E-state index contributed by atoms with van der Waals surface area (Å²) in [4.78, 5) is 4.85. The highest BCUT2D eigenvalue weighted by Gasteiger charge is 2.19. The molecule has 0 fully saturated rings. The number of hydrogen-bond acceptors (Lipinski definition) is 3. The van der Waals surface area contributed by atoms with Gasteiger partial charge < -0.3 is 9.47 Å². The fourth-order valence-electron chi connectivity index (χ4n) is 3.25. The topological polar surface area (TPSA) is 31.4 Å². The molecule has 0 unspecified atom stereocenters. The first-order chi connectivity index (χ1) is 11.2. The first kappa shape index (κ1) is 14.3. The van der Waals surface area contributed by atoms with Crippen LogP contribution in [0.2, 0.25) is 5.02 Å². The number of rotatable bonds is 2. The fraction of sp³-hybridized carbons (Fsp3) is 0.211. The number of ether oxygens (including phenoxy) is 2. The molecule has 1 heterocycles. The van der Waals surface area contributed by atoms with Gasteiger partial charge in [-0.3, -0.25) is 4.98 Å². The second-order valence-corrected chi connectivity index (χ2v) is 6.12. The van der Waals surface area contributed by atoms with Gasteiger partial charge in [0.25, 0.3) is 0 Å². The van der Waals surface area contributed by atoms with Crippen molar-refractivity contribution in [3.05, 3.63) is 52.7 Å². The van der Waals surface area contributed by atoms with E-state index in [0.29, 0.717) is 11.5 Å². The standard InChI is InChI=1S/C19H16ClNO2/c1-22-18-9-12-8-15-14-5-4-13(20)7-11(14)3-6-16(15)21-17(12)10-19(18)23-2/h4-5,7-10H,3,6H2,1-2H3. The summed E-state index contributed by atoms with van der Waals surface area (Å²) in [6, 6.07) is 12.2. The minimum absolute atomic E-state index is 0.704. The third-order valence-corrected chi connectivity index (χ3v) is 4.62. The maximum absolute atomic E-state index is 6.13.